The molecule has 0 aliphatic carbocycles. The number of hydrogen-bond acceptors (Lipinski definition) is 3. The maximum atomic E-state index is 10.6. The minimum absolute atomic E-state index is 0.271. The molecule has 0 aliphatic heterocycles. The summed E-state index contributed by atoms with van der Waals surface area (Å²) in [5.74, 6) is 0.271. The molecule has 0 bridgehead atoms. The largest absolute Gasteiger partial charge is 0.380 e. The van der Waals surface area contributed by atoms with E-state index in [4.69, 9.17) is 5.14 Å². The molecule has 13 heavy (non-hydrogen) atoms. The Labute approximate surface area is 77.6 Å². The molecule has 72 valence electrons. The van der Waals surface area contributed by atoms with Gasteiger partial charge in [0.05, 0.1) is 0 Å². The van der Waals surface area contributed by atoms with Gasteiger partial charge in [0, 0.05) is 0 Å². The fraction of sp³-hybridized carbons (Fsp3) is 0.250. The Morgan fingerprint density at radius 3 is 2.38 bits per heavy atom. The Kier molecular flexibility index (Phi) is 2.58. The summed E-state index contributed by atoms with van der Waals surface area (Å²) in [4.78, 5) is 0. The zero-order chi connectivity index (χ0) is 10.1. The normalized spacial score (nSPS) is 11.3. The summed E-state index contributed by atoms with van der Waals surface area (Å²) in [6.45, 7) is 3.67. The highest BCUT2D eigenvalue weighted by molar-refractivity contribution is 7.84. The predicted octanol–water partition coefficient (Wildman–Crippen LogP) is 0.886. The molecule has 0 fully saturated rings. The molecule has 0 saturated carbocycles. The number of hydrogen-bond donors (Lipinski definition) is 1. The van der Waals surface area contributed by atoms with Crippen LogP contribution in [-0.4, -0.2) is 8.42 Å². The van der Waals surface area contributed by atoms with E-state index in [0.717, 1.165) is 11.1 Å². The summed E-state index contributed by atoms with van der Waals surface area (Å²) in [6, 6.07) is 5.16. The average Bonchev–Trinajstić information content (AvgIpc) is 1.93. The molecule has 0 spiro atoms. The van der Waals surface area contributed by atoms with Gasteiger partial charge in [-0.1, -0.05) is 17.7 Å². The highest BCUT2D eigenvalue weighted by Gasteiger charge is 2.06. The molecular formula is C8H11NO3S. The van der Waals surface area contributed by atoms with Crippen LogP contribution in [0.5, 0.6) is 5.75 Å². The molecule has 0 radical (unpaired) electrons. The first-order valence-corrected chi connectivity index (χ1v) is 5.15. The molecule has 1 aromatic carbocycles. The summed E-state index contributed by atoms with van der Waals surface area (Å²) < 4.78 is 25.7. The van der Waals surface area contributed by atoms with Crippen molar-refractivity contribution in [3.8, 4) is 5.75 Å². The van der Waals surface area contributed by atoms with Crippen molar-refractivity contribution < 1.29 is 12.6 Å². The van der Waals surface area contributed by atoms with Crippen molar-refractivity contribution in [2.24, 2.45) is 5.14 Å². The Morgan fingerprint density at radius 1 is 1.31 bits per heavy atom. The van der Waals surface area contributed by atoms with E-state index in [2.05, 4.69) is 4.18 Å². The van der Waals surface area contributed by atoms with E-state index in [1.807, 2.05) is 13.0 Å². The smallest absolute Gasteiger partial charge is 0.371 e. The molecule has 0 saturated heterocycles. The lowest BCUT2D eigenvalue weighted by molar-refractivity contribution is 0.486. The Hall–Kier alpha value is -1.07. The monoisotopic (exact) mass is 201 g/mol. The standard InChI is InChI=1S/C8H11NO3S/c1-6-3-4-8(7(2)5-6)12-13(9,10)11/h3-5H,1-2H3,(H2,9,10,11). The van der Waals surface area contributed by atoms with E-state index >= 15 is 0 Å². The third-order valence-corrected chi connectivity index (χ3v) is 1.95. The molecule has 0 unspecified atom stereocenters. The minimum atomic E-state index is -3.91. The lowest BCUT2D eigenvalue weighted by atomic mass is 10.1. The Bertz CT molecular complexity index is 411. The van der Waals surface area contributed by atoms with E-state index in [0.29, 0.717) is 0 Å². The second kappa shape index (κ2) is 3.35. The predicted molar refractivity (Wildman–Crippen MR) is 49.7 cm³/mol. The van der Waals surface area contributed by atoms with Gasteiger partial charge in [-0.15, -0.1) is 0 Å². The van der Waals surface area contributed by atoms with Crippen LogP contribution >= 0.6 is 0 Å². The summed E-state index contributed by atoms with van der Waals surface area (Å²) >= 11 is 0. The quantitative estimate of drug-likeness (QED) is 0.772. The highest BCUT2D eigenvalue weighted by atomic mass is 32.2. The Morgan fingerprint density at radius 2 is 1.92 bits per heavy atom. The maximum absolute atomic E-state index is 10.6. The lowest BCUT2D eigenvalue weighted by Gasteiger charge is -2.05. The number of rotatable bonds is 2. The van der Waals surface area contributed by atoms with Crippen molar-refractivity contribution in [2.75, 3.05) is 0 Å². The number of aryl methyl sites for hydroxylation is 2. The fourth-order valence-corrected chi connectivity index (χ4v) is 1.46. The summed E-state index contributed by atoms with van der Waals surface area (Å²) in [7, 11) is -3.91. The van der Waals surface area contributed by atoms with E-state index in [1.165, 1.54) is 0 Å². The third kappa shape index (κ3) is 3.04. The molecule has 1 aromatic rings. The molecule has 0 heterocycles. The van der Waals surface area contributed by atoms with Crippen molar-refractivity contribution >= 4 is 10.3 Å². The van der Waals surface area contributed by atoms with Gasteiger partial charge in [-0.25, -0.2) is 0 Å². The van der Waals surface area contributed by atoms with Crippen LogP contribution < -0.4 is 9.32 Å². The third-order valence-electron chi connectivity index (χ3n) is 1.54. The van der Waals surface area contributed by atoms with Crippen molar-refractivity contribution in [3.63, 3.8) is 0 Å². The van der Waals surface area contributed by atoms with Gasteiger partial charge in [-0.3, -0.25) is 0 Å². The first kappa shape index (κ1) is 10.0. The zero-order valence-electron chi connectivity index (χ0n) is 7.44. The van der Waals surface area contributed by atoms with Crippen LogP contribution in [0.3, 0.4) is 0 Å². The van der Waals surface area contributed by atoms with Crippen LogP contribution in [0.2, 0.25) is 0 Å². The number of nitrogens with two attached hydrogens (primary N) is 1. The Balaban J connectivity index is 3.04. The summed E-state index contributed by atoms with van der Waals surface area (Å²) in [6.07, 6.45) is 0. The van der Waals surface area contributed by atoms with Crippen LogP contribution in [0.1, 0.15) is 11.1 Å². The first-order valence-electron chi connectivity index (χ1n) is 3.68. The van der Waals surface area contributed by atoms with E-state index in [1.54, 1.807) is 19.1 Å². The van der Waals surface area contributed by atoms with Gasteiger partial charge < -0.3 is 4.18 Å². The summed E-state index contributed by atoms with van der Waals surface area (Å²) in [5, 5.41) is 4.72. The lowest BCUT2D eigenvalue weighted by Crippen LogP contribution is -2.19. The maximum Gasteiger partial charge on any atom is 0.380 e. The highest BCUT2D eigenvalue weighted by Crippen LogP contribution is 2.19. The van der Waals surface area contributed by atoms with Gasteiger partial charge in [-0.05, 0) is 25.5 Å². The number of benzene rings is 1. The molecule has 1 rings (SSSR count). The summed E-state index contributed by atoms with van der Waals surface area (Å²) in [5.41, 5.74) is 1.79. The van der Waals surface area contributed by atoms with Gasteiger partial charge in [0.1, 0.15) is 5.75 Å². The van der Waals surface area contributed by atoms with Crippen molar-refractivity contribution in [3.05, 3.63) is 29.3 Å². The second-order valence-corrected chi connectivity index (χ2v) is 4.00. The second-order valence-electron chi connectivity index (χ2n) is 2.85. The van der Waals surface area contributed by atoms with Gasteiger partial charge in [0.25, 0.3) is 0 Å². The van der Waals surface area contributed by atoms with Gasteiger partial charge in [0.15, 0.2) is 0 Å². The van der Waals surface area contributed by atoms with Crippen LogP contribution in [0.25, 0.3) is 0 Å². The molecule has 4 nitrogen and oxygen atoms in total. The fourth-order valence-electron chi connectivity index (χ4n) is 1.02. The van der Waals surface area contributed by atoms with E-state index < -0.39 is 10.3 Å². The van der Waals surface area contributed by atoms with Crippen molar-refractivity contribution in [2.45, 2.75) is 13.8 Å². The molecule has 0 aliphatic rings. The van der Waals surface area contributed by atoms with Crippen LogP contribution in [0.15, 0.2) is 18.2 Å². The SMILES string of the molecule is Cc1ccc(OS(N)(=O)=O)c(C)c1. The van der Waals surface area contributed by atoms with Gasteiger partial charge >= 0.3 is 10.3 Å². The van der Waals surface area contributed by atoms with Crippen LogP contribution in [-0.2, 0) is 10.3 Å². The van der Waals surface area contributed by atoms with Crippen LogP contribution in [0.4, 0.5) is 0 Å². The van der Waals surface area contributed by atoms with Crippen molar-refractivity contribution in [1.82, 2.24) is 0 Å². The van der Waals surface area contributed by atoms with Gasteiger partial charge in [0.2, 0.25) is 0 Å². The molecule has 0 amide bonds. The minimum Gasteiger partial charge on any atom is -0.371 e. The molecule has 2 N–H and O–H groups in total. The van der Waals surface area contributed by atoms with E-state index in [9.17, 15) is 8.42 Å². The first-order chi connectivity index (χ1) is 5.88. The average molecular weight is 201 g/mol. The molecule has 5 heteroatoms. The van der Waals surface area contributed by atoms with Crippen molar-refractivity contribution in [1.29, 1.82) is 0 Å². The molecule has 0 atom stereocenters. The molecular weight excluding hydrogens is 190 g/mol. The van der Waals surface area contributed by atoms with Gasteiger partial charge in [-0.2, -0.15) is 13.6 Å². The van der Waals surface area contributed by atoms with E-state index in [-0.39, 0.29) is 5.75 Å². The molecule has 0 aromatic heterocycles. The van der Waals surface area contributed by atoms with Crippen LogP contribution in [0, 0.1) is 13.8 Å². The topological polar surface area (TPSA) is 69.4 Å². The zero-order valence-corrected chi connectivity index (χ0v) is 8.26.